The Labute approximate surface area is 184 Å². The summed E-state index contributed by atoms with van der Waals surface area (Å²) >= 11 is 1.47. The van der Waals surface area contributed by atoms with Crippen molar-refractivity contribution < 1.29 is 14.3 Å². The fourth-order valence-electron chi connectivity index (χ4n) is 3.79. The minimum atomic E-state index is -0.533. The van der Waals surface area contributed by atoms with Crippen LogP contribution in [0.2, 0.25) is 0 Å². The van der Waals surface area contributed by atoms with Gasteiger partial charge in [0.25, 0.3) is 11.5 Å². The maximum Gasteiger partial charge on any atom is 0.271 e. The second-order valence-electron chi connectivity index (χ2n) is 7.58. The molecular formula is C22H26N4O4S. The number of nitrogens with two attached hydrogens (primary N) is 1. The number of rotatable bonds is 7. The molecule has 4 rings (SSSR count). The van der Waals surface area contributed by atoms with Gasteiger partial charge in [0.05, 0.1) is 12.1 Å². The first-order valence-corrected chi connectivity index (χ1v) is 11.2. The molecule has 2 aromatic heterocycles. The monoisotopic (exact) mass is 442 g/mol. The second-order valence-corrected chi connectivity index (χ2v) is 8.46. The Hall–Kier alpha value is -2.91. The summed E-state index contributed by atoms with van der Waals surface area (Å²) in [6.45, 7) is 7.09. The highest BCUT2D eigenvalue weighted by Crippen LogP contribution is 2.29. The number of fused-ring (bicyclic) bond motifs is 2. The number of aryl methyl sites for hydroxylation is 1. The van der Waals surface area contributed by atoms with E-state index >= 15 is 0 Å². The first-order chi connectivity index (χ1) is 15.0. The van der Waals surface area contributed by atoms with Crippen LogP contribution in [0.4, 0.5) is 0 Å². The highest BCUT2D eigenvalue weighted by molar-refractivity contribution is 7.17. The molecule has 31 heavy (non-hydrogen) atoms. The lowest BCUT2D eigenvalue weighted by molar-refractivity contribution is -0.119. The Morgan fingerprint density at radius 2 is 2.06 bits per heavy atom. The minimum absolute atomic E-state index is 0.0644. The predicted octanol–water partition coefficient (Wildman–Crippen LogP) is 2.09. The summed E-state index contributed by atoms with van der Waals surface area (Å²) in [4.78, 5) is 31.0. The molecule has 0 aliphatic carbocycles. The van der Waals surface area contributed by atoms with Crippen molar-refractivity contribution in [3.8, 4) is 11.5 Å². The van der Waals surface area contributed by atoms with Crippen LogP contribution in [0.15, 0.2) is 28.4 Å². The van der Waals surface area contributed by atoms with Crippen molar-refractivity contribution in [3.05, 3.63) is 50.9 Å². The van der Waals surface area contributed by atoms with Crippen LogP contribution in [0.25, 0.3) is 10.2 Å². The van der Waals surface area contributed by atoms with E-state index in [0.717, 1.165) is 46.7 Å². The maximum absolute atomic E-state index is 12.9. The molecule has 164 valence electrons. The van der Waals surface area contributed by atoms with E-state index in [9.17, 15) is 9.59 Å². The van der Waals surface area contributed by atoms with Crippen LogP contribution in [0.5, 0.6) is 11.5 Å². The quantitative estimate of drug-likeness (QED) is 0.601. The van der Waals surface area contributed by atoms with E-state index in [1.807, 2.05) is 35.9 Å². The summed E-state index contributed by atoms with van der Waals surface area (Å²) in [5, 5.41) is 2.00. The molecule has 1 aromatic carbocycles. The average molecular weight is 443 g/mol. The van der Waals surface area contributed by atoms with Gasteiger partial charge in [-0.05, 0) is 42.5 Å². The first-order valence-electron chi connectivity index (χ1n) is 10.3. The molecule has 0 unspecified atom stereocenters. The molecule has 0 saturated heterocycles. The average Bonchev–Trinajstić information content (AvgIpc) is 2.98. The number of nitrogens with zero attached hydrogens (tertiary/aromatic N) is 3. The number of carbonyl (C=O) groups excluding carboxylic acids is 1. The van der Waals surface area contributed by atoms with Crippen molar-refractivity contribution in [1.29, 1.82) is 0 Å². The van der Waals surface area contributed by atoms with Gasteiger partial charge in [-0.15, -0.1) is 11.3 Å². The van der Waals surface area contributed by atoms with E-state index in [0.29, 0.717) is 31.2 Å². The van der Waals surface area contributed by atoms with Crippen molar-refractivity contribution in [2.45, 2.75) is 33.4 Å². The van der Waals surface area contributed by atoms with E-state index in [1.165, 1.54) is 11.3 Å². The summed E-state index contributed by atoms with van der Waals surface area (Å²) in [5.74, 6) is 1.41. The Bertz CT molecular complexity index is 1170. The van der Waals surface area contributed by atoms with Crippen molar-refractivity contribution in [2.75, 3.05) is 26.3 Å². The molecule has 1 amide bonds. The lowest BCUT2D eigenvalue weighted by atomic mass is 10.2. The van der Waals surface area contributed by atoms with Crippen LogP contribution >= 0.6 is 11.3 Å². The number of hydrogen-bond acceptors (Lipinski definition) is 7. The van der Waals surface area contributed by atoms with Crippen molar-refractivity contribution >= 4 is 27.5 Å². The smallest absolute Gasteiger partial charge is 0.271 e. The van der Waals surface area contributed by atoms with Crippen LogP contribution in [0.3, 0.4) is 0 Å². The van der Waals surface area contributed by atoms with Crippen LogP contribution in [0, 0.1) is 6.92 Å². The van der Waals surface area contributed by atoms with E-state index in [-0.39, 0.29) is 12.2 Å². The van der Waals surface area contributed by atoms with Gasteiger partial charge < -0.3 is 15.2 Å². The zero-order chi connectivity index (χ0) is 22.0. The highest BCUT2D eigenvalue weighted by Gasteiger charge is 2.20. The standard InChI is InChI=1S/C22H26N4O4S/c1-3-29-17-10-15(4-5-16(17)30-12-18(23)27)11-25-7-6-19-24-20-14(2)13-31-21(20)22(28)26(19)9-8-25/h4-5,10,13H,3,6-9,11-12H2,1-2H3,(H2,23,27). The van der Waals surface area contributed by atoms with E-state index in [4.69, 9.17) is 20.2 Å². The number of thiophene rings is 1. The van der Waals surface area contributed by atoms with Gasteiger partial charge in [-0.1, -0.05) is 6.07 Å². The van der Waals surface area contributed by atoms with Gasteiger partial charge >= 0.3 is 0 Å². The van der Waals surface area contributed by atoms with Gasteiger partial charge in [-0.2, -0.15) is 0 Å². The molecule has 8 nitrogen and oxygen atoms in total. The normalized spacial score (nSPS) is 14.3. The van der Waals surface area contributed by atoms with Gasteiger partial charge in [0.15, 0.2) is 18.1 Å². The van der Waals surface area contributed by atoms with Gasteiger partial charge in [-0.25, -0.2) is 4.98 Å². The Kier molecular flexibility index (Phi) is 6.24. The number of amides is 1. The molecule has 3 heterocycles. The lowest BCUT2D eigenvalue weighted by Gasteiger charge is -2.20. The molecule has 2 N–H and O–H groups in total. The number of hydrogen-bond donors (Lipinski definition) is 1. The van der Waals surface area contributed by atoms with Crippen molar-refractivity contribution in [3.63, 3.8) is 0 Å². The van der Waals surface area contributed by atoms with E-state index < -0.39 is 5.91 Å². The van der Waals surface area contributed by atoms with Crippen LogP contribution in [0.1, 0.15) is 23.9 Å². The topological polar surface area (TPSA) is 99.7 Å². The molecule has 0 spiro atoms. The Morgan fingerprint density at radius 3 is 2.84 bits per heavy atom. The van der Waals surface area contributed by atoms with Crippen LogP contribution in [-0.2, 0) is 24.3 Å². The molecule has 1 aliphatic heterocycles. The van der Waals surface area contributed by atoms with Crippen molar-refractivity contribution in [2.24, 2.45) is 5.73 Å². The van der Waals surface area contributed by atoms with Gasteiger partial charge in [0.2, 0.25) is 0 Å². The second kappa shape index (κ2) is 9.07. The zero-order valence-electron chi connectivity index (χ0n) is 17.7. The fraction of sp³-hybridized carbons (Fsp3) is 0.409. The minimum Gasteiger partial charge on any atom is -0.490 e. The molecule has 0 saturated carbocycles. The summed E-state index contributed by atoms with van der Waals surface area (Å²) in [6.07, 6.45) is 0.721. The van der Waals surface area contributed by atoms with Gasteiger partial charge in [0, 0.05) is 32.6 Å². The Morgan fingerprint density at radius 1 is 1.23 bits per heavy atom. The highest BCUT2D eigenvalue weighted by atomic mass is 32.1. The molecule has 0 fully saturated rings. The molecule has 1 aliphatic rings. The van der Waals surface area contributed by atoms with Crippen molar-refractivity contribution in [1.82, 2.24) is 14.5 Å². The van der Waals surface area contributed by atoms with Gasteiger partial charge in [0.1, 0.15) is 10.5 Å². The number of benzene rings is 1. The van der Waals surface area contributed by atoms with E-state index in [2.05, 4.69) is 4.90 Å². The fourth-order valence-corrected chi connectivity index (χ4v) is 4.73. The maximum atomic E-state index is 12.9. The third kappa shape index (κ3) is 4.57. The number of primary amides is 1. The van der Waals surface area contributed by atoms with Crippen LogP contribution in [-0.4, -0.2) is 46.7 Å². The molecule has 3 aromatic rings. The number of ether oxygens (including phenoxy) is 2. The predicted molar refractivity (Wildman–Crippen MR) is 120 cm³/mol. The summed E-state index contributed by atoms with van der Waals surface area (Å²) < 4.78 is 13.7. The summed E-state index contributed by atoms with van der Waals surface area (Å²) in [7, 11) is 0. The molecular weight excluding hydrogens is 416 g/mol. The molecule has 9 heteroatoms. The van der Waals surface area contributed by atoms with Crippen LogP contribution < -0.4 is 20.8 Å². The zero-order valence-corrected chi connectivity index (χ0v) is 18.5. The van der Waals surface area contributed by atoms with E-state index in [1.54, 1.807) is 6.07 Å². The number of carbonyl (C=O) groups is 1. The largest absolute Gasteiger partial charge is 0.490 e. The Balaban J connectivity index is 1.50. The third-order valence-electron chi connectivity index (χ3n) is 5.31. The summed E-state index contributed by atoms with van der Waals surface area (Å²) in [6, 6.07) is 5.70. The van der Waals surface area contributed by atoms with Gasteiger partial charge in [-0.3, -0.25) is 19.1 Å². The lowest BCUT2D eigenvalue weighted by Crippen LogP contribution is -2.28. The summed E-state index contributed by atoms with van der Waals surface area (Å²) in [5.41, 5.74) is 8.20. The molecule has 0 bridgehead atoms. The first kappa shape index (κ1) is 21.3. The molecule has 0 atom stereocenters. The molecule has 0 radical (unpaired) electrons. The number of aromatic nitrogens is 2. The SMILES string of the molecule is CCOc1cc(CN2CCc3nc4c(C)csc4c(=O)n3CC2)ccc1OCC(N)=O. The third-order valence-corrected chi connectivity index (χ3v) is 6.38.